The van der Waals surface area contributed by atoms with Crippen molar-refractivity contribution >= 4 is 11.8 Å². The molecular formula is C10H19N3O2. The van der Waals surface area contributed by atoms with E-state index in [1.807, 2.05) is 0 Å². The molecule has 0 bridgehead atoms. The van der Waals surface area contributed by atoms with Crippen LogP contribution in [0.1, 0.15) is 32.1 Å². The molecule has 0 saturated heterocycles. The third kappa shape index (κ3) is 6.06. The normalized spacial score (nSPS) is 14.7. The molecule has 0 aromatic heterocycles. The van der Waals surface area contributed by atoms with Crippen molar-refractivity contribution in [3.63, 3.8) is 0 Å². The van der Waals surface area contributed by atoms with Crippen LogP contribution in [0.5, 0.6) is 0 Å². The minimum Gasteiger partial charge on any atom is -0.352 e. The Bertz CT molecular complexity index is 227. The number of nitrogens with two attached hydrogens (primary N) is 1. The fourth-order valence-electron chi connectivity index (χ4n) is 1.20. The largest absolute Gasteiger partial charge is 0.352 e. The maximum absolute atomic E-state index is 11.2. The van der Waals surface area contributed by atoms with Crippen molar-refractivity contribution < 1.29 is 9.59 Å². The van der Waals surface area contributed by atoms with Gasteiger partial charge >= 0.3 is 0 Å². The summed E-state index contributed by atoms with van der Waals surface area (Å²) in [5.74, 6) is -0.168. The number of hydrogen-bond acceptors (Lipinski definition) is 3. The Balaban J connectivity index is 1.97. The SMILES string of the molecule is NCCCCC(=O)NCC(=O)NC1CC1. The van der Waals surface area contributed by atoms with E-state index in [1.165, 1.54) is 0 Å². The lowest BCUT2D eigenvalue weighted by Crippen LogP contribution is -2.37. The zero-order chi connectivity index (χ0) is 11.1. The highest BCUT2D eigenvalue weighted by Gasteiger charge is 2.22. The summed E-state index contributed by atoms with van der Waals surface area (Å²) in [4.78, 5) is 22.4. The summed E-state index contributed by atoms with van der Waals surface area (Å²) in [6.07, 6.45) is 4.22. The van der Waals surface area contributed by atoms with E-state index in [9.17, 15) is 9.59 Å². The topological polar surface area (TPSA) is 84.2 Å². The number of hydrogen-bond donors (Lipinski definition) is 3. The summed E-state index contributed by atoms with van der Waals surface area (Å²) in [7, 11) is 0. The van der Waals surface area contributed by atoms with E-state index in [2.05, 4.69) is 10.6 Å². The molecule has 0 spiro atoms. The van der Waals surface area contributed by atoms with Crippen molar-refractivity contribution in [2.24, 2.45) is 5.73 Å². The standard InChI is InChI=1S/C10H19N3O2/c11-6-2-1-3-9(14)12-7-10(15)13-8-4-5-8/h8H,1-7,11H2,(H,12,14)(H,13,15). The smallest absolute Gasteiger partial charge is 0.239 e. The van der Waals surface area contributed by atoms with Crippen LogP contribution in [-0.2, 0) is 9.59 Å². The summed E-state index contributed by atoms with van der Waals surface area (Å²) < 4.78 is 0. The van der Waals surface area contributed by atoms with E-state index in [4.69, 9.17) is 5.73 Å². The second kappa shape index (κ2) is 6.40. The highest BCUT2D eigenvalue weighted by Crippen LogP contribution is 2.18. The van der Waals surface area contributed by atoms with Gasteiger partial charge in [-0.2, -0.15) is 0 Å². The van der Waals surface area contributed by atoms with Crippen LogP contribution in [0.15, 0.2) is 0 Å². The average molecular weight is 213 g/mol. The third-order valence-electron chi connectivity index (χ3n) is 2.25. The fraction of sp³-hybridized carbons (Fsp3) is 0.800. The van der Waals surface area contributed by atoms with Crippen LogP contribution in [-0.4, -0.2) is 30.9 Å². The van der Waals surface area contributed by atoms with Crippen LogP contribution in [0, 0.1) is 0 Å². The highest BCUT2D eigenvalue weighted by atomic mass is 16.2. The van der Waals surface area contributed by atoms with Gasteiger partial charge in [-0.05, 0) is 32.2 Å². The molecule has 86 valence electrons. The van der Waals surface area contributed by atoms with Crippen molar-refractivity contribution in [1.29, 1.82) is 0 Å². The summed E-state index contributed by atoms with van der Waals surface area (Å²) >= 11 is 0. The van der Waals surface area contributed by atoms with Crippen LogP contribution < -0.4 is 16.4 Å². The van der Waals surface area contributed by atoms with Gasteiger partial charge in [-0.25, -0.2) is 0 Å². The Morgan fingerprint density at radius 3 is 2.53 bits per heavy atom. The predicted molar refractivity (Wildman–Crippen MR) is 57.1 cm³/mol. The lowest BCUT2D eigenvalue weighted by atomic mass is 10.2. The van der Waals surface area contributed by atoms with E-state index < -0.39 is 0 Å². The van der Waals surface area contributed by atoms with Gasteiger partial charge in [-0.15, -0.1) is 0 Å². The zero-order valence-electron chi connectivity index (χ0n) is 8.92. The summed E-state index contributed by atoms with van der Waals surface area (Å²) in [5.41, 5.74) is 5.30. The molecule has 2 amide bonds. The van der Waals surface area contributed by atoms with Crippen molar-refractivity contribution in [3.05, 3.63) is 0 Å². The van der Waals surface area contributed by atoms with E-state index in [-0.39, 0.29) is 18.4 Å². The maximum atomic E-state index is 11.2. The van der Waals surface area contributed by atoms with Crippen LogP contribution in [0.25, 0.3) is 0 Å². The molecule has 1 aliphatic rings. The highest BCUT2D eigenvalue weighted by molar-refractivity contribution is 5.84. The zero-order valence-corrected chi connectivity index (χ0v) is 8.92. The van der Waals surface area contributed by atoms with Gasteiger partial charge < -0.3 is 16.4 Å². The molecule has 1 saturated carbocycles. The molecular weight excluding hydrogens is 194 g/mol. The lowest BCUT2D eigenvalue weighted by molar-refractivity contribution is -0.126. The molecule has 0 aromatic rings. The van der Waals surface area contributed by atoms with Gasteiger partial charge in [-0.1, -0.05) is 0 Å². The Labute approximate surface area is 89.8 Å². The van der Waals surface area contributed by atoms with Crippen molar-refractivity contribution in [1.82, 2.24) is 10.6 Å². The maximum Gasteiger partial charge on any atom is 0.239 e. The monoisotopic (exact) mass is 213 g/mol. The molecule has 5 nitrogen and oxygen atoms in total. The number of carbonyl (C=O) groups is 2. The molecule has 0 radical (unpaired) electrons. The van der Waals surface area contributed by atoms with Gasteiger partial charge in [-0.3, -0.25) is 9.59 Å². The number of carbonyl (C=O) groups excluding carboxylic acids is 2. The first-order valence-corrected chi connectivity index (χ1v) is 5.48. The third-order valence-corrected chi connectivity index (χ3v) is 2.25. The van der Waals surface area contributed by atoms with Gasteiger partial charge in [0.1, 0.15) is 0 Å². The molecule has 0 aromatic carbocycles. The van der Waals surface area contributed by atoms with Gasteiger partial charge in [0, 0.05) is 12.5 Å². The van der Waals surface area contributed by atoms with Crippen LogP contribution in [0.4, 0.5) is 0 Å². The van der Waals surface area contributed by atoms with Gasteiger partial charge in [0.25, 0.3) is 0 Å². The van der Waals surface area contributed by atoms with Crippen LogP contribution in [0.3, 0.4) is 0 Å². The minimum absolute atomic E-state index is 0.0746. The first-order chi connectivity index (χ1) is 7.22. The van der Waals surface area contributed by atoms with Gasteiger partial charge in [0.15, 0.2) is 0 Å². The Kier molecular flexibility index (Phi) is 5.10. The van der Waals surface area contributed by atoms with Crippen LogP contribution >= 0.6 is 0 Å². The Hall–Kier alpha value is -1.10. The molecule has 0 unspecified atom stereocenters. The van der Waals surface area contributed by atoms with Crippen molar-refractivity contribution in [3.8, 4) is 0 Å². The van der Waals surface area contributed by atoms with Crippen LogP contribution in [0.2, 0.25) is 0 Å². The molecule has 4 N–H and O–H groups in total. The second-order valence-corrected chi connectivity index (χ2v) is 3.86. The number of nitrogens with one attached hydrogen (secondary N) is 2. The number of amides is 2. The first-order valence-electron chi connectivity index (χ1n) is 5.48. The lowest BCUT2D eigenvalue weighted by Gasteiger charge is -2.05. The van der Waals surface area contributed by atoms with E-state index in [1.54, 1.807) is 0 Å². The molecule has 5 heteroatoms. The van der Waals surface area contributed by atoms with Gasteiger partial charge in [0.05, 0.1) is 6.54 Å². The Morgan fingerprint density at radius 1 is 1.20 bits per heavy atom. The molecule has 0 aliphatic heterocycles. The fourth-order valence-corrected chi connectivity index (χ4v) is 1.20. The first kappa shape index (κ1) is 12.0. The van der Waals surface area contributed by atoms with Gasteiger partial charge in [0.2, 0.25) is 11.8 Å². The molecule has 1 rings (SSSR count). The van der Waals surface area contributed by atoms with Crippen molar-refractivity contribution in [2.45, 2.75) is 38.1 Å². The molecule has 0 heterocycles. The number of rotatable bonds is 7. The quantitative estimate of drug-likeness (QED) is 0.499. The molecule has 1 aliphatic carbocycles. The predicted octanol–water partition coefficient (Wildman–Crippen LogP) is -0.490. The minimum atomic E-state index is -0.0929. The van der Waals surface area contributed by atoms with Crippen molar-refractivity contribution in [2.75, 3.05) is 13.1 Å². The molecule has 1 fully saturated rings. The number of unbranched alkanes of at least 4 members (excludes halogenated alkanes) is 1. The molecule has 0 atom stereocenters. The summed E-state index contributed by atoms with van der Waals surface area (Å²) in [5, 5.41) is 5.39. The Morgan fingerprint density at radius 2 is 1.93 bits per heavy atom. The summed E-state index contributed by atoms with van der Waals surface area (Å²) in [6, 6.07) is 0.353. The summed E-state index contributed by atoms with van der Waals surface area (Å²) in [6.45, 7) is 0.702. The van der Waals surface area contributed by atoms with E-state index >= 15 is 0 Å². The van der Waals surface area contributed by atoms with E-state index in [0.717, 1.165) is 25.7 Å². The second-order valence-electron chi connectivity index (χ2n) is 3.86. The molecule has 15 heavy (non-hydrogen) atoms. The average Bonchev–Trinajstić information content (AvgIpc) is 2.99. The van der Waals surface area contributed by atoms with E-state index in [0.29, 0.717) is 19.0 Å².